The van der Waals surface area contributed by atoms with E-state index in [-0.39, 0.29) is 18.0 Å². The molecule has 4 rings (SSSR count). The van der Waals surface area contributed by atoms with E-state index in [1.807, 2.05) is 6.92 Å². The van der Waals surface area contributed by atoms with E-state index in [1.54, 1.807) is 19.2 Å². The van der Waals surface area contributed by atoms with Gasteiger partial charge in [-0.15, -0.1) is 0 Å². The van der Waals surface area contributed by atoms with Crippen molar-refractivity contribution in [1.29, 1.82) is 0 Å². The van der Waals surface area contributed by atoms with Crippen molar-refractivity contribution in [2.45, 2.75) is 51.9 Å². The minimum atomic E-state index is -0.204. The average Bonchev–Trinajstić information content (AvgIpc) is 3.10. The minimum Gasteiger partial charge on any atom is -0.494 e. The Morgan fingerprint density at radius 2 is 1.69 bits per heavy atom. The topological polar surface area (TPSA) is 34.2 Å². The van der Waals surface area contributed by atoms with Crippen LogP contribution in [0.5, 0.6) is 11.5 Å². The van der Waals surface area contributed by atoms with E-state index in [1.165, 1.54) is 11.8 Å². The number of anilines is 2. The van der Waals surface area contributed by atoms with Gasteiger partial charge in [0.15, 0.2) is 0 Å². The second-order valence-electron chi connectivity index (χ2n) is 8.87. The summed E-state index contributed by atoms with van der Waals surface area (Å²) in [6, 6.07) is 13.8. The molecule has 2 heterocycles. The first-order valence-electron chi connectivity index (χ1n) is 11.7. The molecule has 2 fully saturated rings. The van der Waals surface area contributed by atoms with E-state index in [2.05, 4.69) is 47.9 Å². The third-order valence-electron chi connectivity index (χ3n) is 7.00. The maximum absolute atomic E-state index is 14.4. The van der Waals surface area contributed by atoms with Crippen molar-refractivity contribution in [1.82, 2.24) is 0 Å². The van der Waals surface area contributed by atoms with Gasteiger partial charge in [0.05, 0.1) is 18.4 Å². The Balaban J connectivity index is 1.33. The molecular formula is C26H35FN2O3. The Kier molecular flexibility index (Phi) is 7.09. The van der Waals surface area contributed by atoms with Crippen LogP contribution in [0.3, 0.4) is 0 Å². The number of nitrogens with zero attached hydrogens (tertiary/aromatic N) is 2. The van der Waals surface area contributed by atoms with E-state index >= 15 is 0 Å². The number of hydrogen-bond acceptors (Lipinski definition) is 5. The fraction of sp³-hybridized carbons (Fsp3) is 0.538. The summed E-state index contributed by atoms with van der Waals surface area (Å²) >= 11 is 0. The van der Waals surface area contributed by atoms with Crippen molar-refractivity contribution in [3.63, 3.8) is 0 Å². The molecule has 0 amide bonds. The maximum Gasteiger partial charge on any atom is 0.146 e. The monoisotopic (exact) mass is 442 g/mol. The van der Waals surface area contributed by atoms with Gasteiger partial charge in [-0.05, 0) is 50.2 Å². The summed E-state index contributed by atoms with van der Waals surface area (Å²) in [5.41, 5.74) is 1.82. The number of hydrogen-bond donors (Lipinski definition) is 0. The molecule has 32 heavy (non-hydrogen) atoms. The lowest BCUT2D eigenvalue weighted by Gasteiger charge is -2.34. The molecule has 0 spiro atoms. The normalized spacial score (nSPS) is 24.1. The molecule has 2 saturated heterocycles. The highest BCUT2D eigenvalue weighted by molar-refractivity contribution is 5.53. The first kappa shape index (κ1) is 22.7. The molecule has 0 N–H and O–H groups in total. The van der Waals surface area contributed by atoms with Gasteiger partial charge in [-0.25, -0.2) is 4.39 Å². The molecule has 2 aliphatic heterocycles. The summed E-state index contributed by atoms with van der Waals surface area (Å²) in [5.74, 6) is 1.89. The predicted octanol–water partition coefficient (Wildman–Crippen LogP) is 5.13. The number of rotatable bonds is 7. The predicted molar refractivity (Wildman–Crippen MR) is 127 cm³/mol. The van der Waals surface area contributed by atoms with Crippen LogP contribution < -0.4 is 19.3 Å². The van der Waals surface area contributed by atoms with E-state index in [0.29, 0.717) is 30.0 Å². The van der Waals surface area contributed by atoms with Crippen LogP contribution in [-0.2, 0) is 4.74 Å². The first-order valence-corrected chi connectivity index (χ1v) is 11.7. The fourth-order valence-electron chi connectivity index (χ4n) is 4.87. The smallest absolute Gasteiger partial charge is 0.146 e. The summed E-state index contributed by atoms with van der Waals surface area (Å²) in [6.45, 7) is 9.45. The Morgan fingerprint density at radius 1 is 1.00 bits per heavy atom. The van der Waals surface area contributed by atoms with Crippen molar-refractivity contribution < 1.29 is 18.6 Å². The van der Waals surface area contributed by atoms with Gasteiger partial charge in [0.2, 0.25) is 0 Å². The molecule has 3 atom stereocenters. The second-order valence-corrected chi connectivity index (χ2v) is 8.87. The molecule has 174 valence electrons. The van der Waals surface area contributed by atoms with Crippen LogP contribution in [0.25, 0.3) is 0 Å². The summed E-state index contributed by atoms with van der Waals surface area (Å²) in [5, 5.41) is 0. The molecule has 5 nitrogen and oxygen atoms in total. The molecule has 2 aromatic rings. The lowest BCUT2D eigenvalue weighted by Crippen LogP contribution is -2.38. The highest BCUT2D eigenvalue weighted by Gasteiger charge is 2.36. The van der Waals surface area contributed by atoms with Gasteiger partial charge in [-0.2, -0.15) is 0 Å². The quantitative estimate of drug-likeness (QED) is 0.594. The van der Waals surface area contributed by atoms with Crippen LogP contribution in [0.4, 0.5) is 15.8 Å². The molecule has 0 aromatic heterocycles. The molecule has 2 aromatic carbocycles. The Hall–Kier alpha value is -2.47. The van der Waals surface area contributed by atoms with Crippen molar-refractivity contribution in [3.05, 3.63) is 48.3 Å². The van der Waals surface area contributed by atoms with Crippen LogP contribution in [0.15, 0.2) is 42.5 Å². The summed E-state index contributed by atoms with van der Waals surface area (Å²) in [7, 11) is 1.80. The highest BCUT2D eigenvalue weighted by atomic mass is 19.1. The van der Waals surface area contributed by atoms with Crippen molar-refractivity contribution in [3.8, 4) is 11.5 Å². The lowest BCUT2D eigenvalue weighted by molar-refractivity contribution is 0.0848. The number of ether oxygens (including phenoxy) is 3. The lowest BCUT2D eigenvalue weighted by atomic mass is 10.0. The summed E-state index contributed by atoms with van der Waals surface area (Å²) in [6.07, 6.45) is 2.12. The van der Waals surface area contributed by atoms with Crippen LogP contribution >= 0.6 is 0 Å². The first-order chi connectivity index (χ1) is 15.5. The highest BCUT2D eigenvalue weighted by Crippen LogP contribution is 2.33. The van der Waals surface area contributed by atoms with Gasteiger partial charge >= 0.3 is 0 Å². The van der Waals surface area contributed by atoms with Gasteiger partial charge in [-0.3, -0.25) is 0 Å². The van der Waals surface area contributed by atoms with Gasteiger partial charge < -0.3 is 24.0 Å². The Morgan fingerprint density at radius 3 is 2.31 bits per heavy atom. The third-order valence-corrected chi connectivity index (χ3v) is 7.00. The van der Waals surface area contributed by atoms with Crippen molar-refractivity contribution >= 4 is 11.4 Å². The summed E-state index contributed by atoms with van der Waals surface area (Å²) in [4.78, 5) is 4.50. The molecule has 0 radical (unpaired) electrons. The van der Waals surface area contributed by atoms with Crippen LogP contribution in [0, 0.1) is 11.7 Å². The number of halogens is 1. The molecule has 0 saturated carbocycles. The molecule has 0 aliphatic carbocycles. The van der Waals surface area contributed by atoms with E-state index in [9.17, 15) is 4.39 Å². The van der Waals surface area contributed by atoms with Gasteiger partial charge in [-0.1, -0.05) is 6.92 Å². The number of piperidine rings is 1. The molecule has 0 bridgehead atoms. The fourth-order valence-corrected chi connectivity index (χ4v) is 4.87. The third kappa shape index (κ3) is 4.80. The summed E-state index contributed by atoms with van der Waals surface area (Å²) < 4.78 is 31.8. The molecule has 2 aliphatic rings. The van der Waals surface area contributed by atoms with Crippen molar-refractivity contribution in [2.24, 2.45) is 5.92 Å². The SMILES string of the molecule is CCOc1ccc(F)c(N2CCC(Oc3ccc(N4C[C@H](OC)[C@@H](C)[C@@H]4C)cc3)CC2)c1. The van der Waals surface area contributed by atoms with E-state index in [0.717, 1.165) is 38.2 Å². The van der Waals surface area contributed by atoms with Crippen molar-refractivity contribution in [2.75, 3.05) is 43.2 Å². The van der Waals surface area contributed by atoms with E-state index in [4.69, 9.17) is 14.2 Å². The zero-order valence-corrected chi connectivity index (χ0v) is 19.6. The zero-order chi connectivity index (χ0) is 22.7. The van der Waals surface area contributed by atoms with Crippen LogP contribution in [0.2, 0.25) is 0 Å². The molecule has 6 heteroatoms. The molecular weight excluding hydrogens is 407 g/mol. The average molecular weight is 443 g/mol. The van der Waals surface area contributed by atoms with Gasteiger partial charge in [0, 0.05) is 63.3 Å². The number of methoxy groups -OCH3 is 1. The van der Waals surface area contributed by atoms with Crippen LogP contribution in [0.1, 0.15) is 33.6 Å². The van der Waals surface area contributed by atoms with Crippen LogP contribution in [-0.4, -0.2) is 51.6 Å². The van der Waals surface area contributed by atoms with E-state index < -0.39 is 0 Å². The second kappa shape index (κ2) is 9.99. The Bertz CT molecular complexity index is 883. The Labute approximate surface area is 191 Å². The largest absolute Gasteiger partial charge is 0.494 e. The van der Waals surface area contributed by atoms with Gasteiger partial charge in [0.1, 0.15) is 23.4 Å². The van der Waals surface area contributed by atoms with Gasteiger partial charge in [0.25, 0.3) is 0 Å². The minimum absolute atomic E-state index is 0.138. The molecule has 0 unspecified atom stereocenters. The number of benzene rings is 2. The zero-order valence-electron chi connectivity index (χ0n) is 19.6. The standard InChI is InChI=1S/C26H35FN2O3/c1-5-31-23-10-11-24(27)25(16-23)28-14-12-22(13-15-28)32-21-8-6-20(7-9-21)29-17-26(30-4)18(2)19(29)3/h6-11,16,18-19,22,26H,5,12-15,17H2,1-4H3/t18-,19-,26-/m0/s1. The maximum atomic E-state index is 14.4.